The predicted octanol–water partition coefficient (Wildman–Crippen LogP) is 7.33. The number of hydrogen-bond acceptors (Lipinski definition) is 0. The lowest BCUT2D eigenvalue weighted by Gasteiger charge is -2.39. The maximum atomic E-state index is 2.50. The molecule has 2 aromatic carbocycles. The van der Waals surface area contributed by atoms with Gasteiger partial charge in [-0.25, -0.2) is 0 Å². The van der Waals surface area contributed by atoms with Crippen LogP contribution in [-0.4, -0.2) is 0 Å². The molecule has 2 aromatic rings. The van der Waals surface area contributed by atoms with E-state index in [4.69, 9.17) is 0 Å². The Labute approximate surface area is 162 Å². The van der Waals surface area contributed by atoms with Gasteiger partial charge >= 0.3 is 0 Å². The first-order chi connectivity index (χ1) is 12.9. The molecule has 0 radical (unpaired) electrons. The molecule has 3 aliphatic rings. The summed E-state index contributed by atoms with van der Waals surface area (Å²) in [4.78, 5) is 0. The summed E-state index contributed by atoms with van der Waals surface area (Å²) in [5, 5.41) is 0. The second-order valence-corrected chi connectivity index (χ2v) is 9.16. The van der Waals surface area contributed by atoms with E-state index < -0.39 is 0 Å². The molecule has 5 rings (SSSR count). The Morgan fingerprint density at radius 3 is 2.56 bits per heavy atom. The number of hydrogen-bond donors (Lipinski definition) is 0. The van der Waals surface area contributed by atoms with Crippen molar-refractivity contribution < 1.29 is 0 Å². The van der Waals surface area contributed by atoms with Gasteiger partial charge in [-0.15, -0.1) is 0 Å². The molecule has 0 heteroatoms. The highest BCUT2D eigenvalue weighted by molar-refractivity contribution is 5.85. The normalized spacial score (nSPS) is 22.2. The smallest absolute Gasteiger partial charge is 0.0199 e. The minimum absolute atomic E-state index is 0.184. The molecule has 0 bridgehead atoms. The summed E-state index contributed by atoms with van der Waals surface area (Å²) in [5.74, 6) is 0.920. The molecule has 0 fully saturated rings. The van der Waals surface area contributed by atoms with Crippen LogP contribution in [0.4, 0.5) is 0 Å². The van der Waals surface area contributed by atoms with E-state index in [1.165, 1.54) is 44.5 Å². The largest absolute Gasteiger partial charge is 0.0760 e. The quantitative estimate of drug-likeness (QED) is 0.505. The fourth-order valence-corrected chi connectivity index (χ4v) is 4.77. The molecule has 0 aromatic heterocycles. The van der Waals surface area contributed by atoms with Crippen molar-refractivity contribution >= 4 is 12.2 Å². The van der Waals surface area contributed by atoms with Crippen molar-refractivity contribution in [1.29, 1.82) is 0 Å². The molecule has 0 heterocycles. The van der Waals surface area contributed by atoms with Crippen LogP contribution in [0.5, 0.6) is 0 Å². The average molecular weight is 351 g/mol. The van der Waals surface area contributed by atoms with Crippen molar-refractivity contribution in [3.8, 4) is 11.1 Å². The highest BCUT2D eigenvalue weighted by Crippen LogP contribution is 2.51. The van der Waals surface area contributed by atoms with E-state index in [-0.39, 0.29) is 5.41 Å². The summed E-state index contributed by atoms with van der Waals surface area (Å²) in [6.45, 7) is 9.10. The molecule has 134 valence electrons. The van der Waals surface area contributed by atoms with Crippen LogP contribution >= 0.6 is 0 Å². The zero-order valence-corrected chi connectivity index (χ0v) is 16.6. The Balaban J connectivity index is 1.71. The van der Waals surface area contributed by atoms with E-state index in [1.54, 1.807) is 0 Å². The van der Waals surface area contributed by atoms with Gasteiger partial charge in [0, 0.05) is 11.8 Å². The van der Waals surface area contributed by atoms with Gasteiger partial charge in [-0.1, -0.05) is 99.2 Å². The molecule has 2 unspecified atom stereocenters. The summed E-state index contributed by atoms with van der Waals surface area (Å²) < 4.78 is 0. The molecule has 0 amide bonds. The van der Waals surface area contributed by atoms with E-state index in [0.29, 0.717) is 11.8 Å². The van der Waals surface area contributed by atoms with Gasteiger partial charge in [0.05, 0.1) is 0 Å². The number of rotatable bonds is 1. The van der Waals surface area contributed by atoms with Crippen LogP contribution in [0.1, 0.15) is 48.9 Å². The molecule has 0 saturated heterocycles. The third-order valence-electron chi connectivity index (χ3n) is 6.21. The first-order valence-electron chi connectivity index (χ1n) is 9.96. The number of aryl methyl sites for hydroxylation is 1. The van der Waals surface area contributed by atoms with Crippen LogP contribution < -0.4 is 0 Å². The van der Waals surface area contributed by atoms with Crippen molar-refractivity contribution in [1.82, 2.24) is 0 Å². The van der Waals surface area contributed by atoms with E-state index >= 15 is 0 Å². The van der Waals surface area contributed by atoms with Gasteiger partial charge in [-0.05, 0) is 51.3 Å². The lowest BCUT2D eigenvalue weighted by molar-refractivity contribution is 0.499. The van der Waals surface area contributed by atoms with Crippen molar-refractivity contribution in [3.63, 3.8) is 0 Å². The summed E-state index contributed by atoms with van der Waals surface area (Å²) in [5.41, 5.74) is 11.4. The van der Waals surface area contributed by atoms with Crippen LogP contribution in [0.3, 0.4) is 0 Å². The Kier molecular flexibility index (Phi) is 3.49. The molecule has 0 N–H and O–H groups in total. The summed E-state index contributed by atoms with van der Waals surface area (Å²) in [7, 11) is 0. The van der Waals surface area contributed by atoms with Crippen LogP contribution in [0.15, 0.2) is 71.8 Å². The topological polar surface area (TPSA) is 0 Å². The maximum Gasteiger partial charge on any atom is 0.0199 e. The molecule has 2 atom stereocenters. The lowest BCUT2D eigenvalue weighted by Crippen LogP contribution is -2.24. The van der Waals surface area contributed by atoms with Crippen LogP contribution in [-0.2, 0) is 0 Å². The Bertz CT molecular complexity index is 1060. The first kappa shape index (κ1) is 16.6. The average Bonchev–Trinajstić information content (AvgIpc) is 2.65. The second-order valence-electron chi connectivity index (χ2n) is 9.16. The zero-order chi connectivity index (χ0) is 18.8. The van der Waals surface area contributed by atoms with Crippen LogP contribution in [0, 0.1) is 18.3 Å². The maximum absolute atomic E-state index is 2.50. The third kappa shape index (κ3) is 2.58. The molecule has 0 nitrogen and oxygen atoms in total. The SMILES string of the molecule is Cc1cccc(-c2ccc3c4c2C=CC2=CC(C(C)(C)C)=CC(C=C3)C24)c1. The van der Waals surface area contributed by atoms with Gasteiger partial charge in [0.15, 0.2) is 0 Å². The molecule has 0 aliphatic heterocycles. The molecule has 0 spiro atoms. The summed E-state index contributed by atoms with van der Waals surface area (Å²) >= 11 is 0. The van der Waals surface area contributed by atoms with Crippen molar-refractivity contribution in [2.45, 2.75) is 33.6 Å². The summed E-state index contributed by atoms with van der Waals surface area (Å²) in [6, 6.07) is 13.5. The molecule has 27 heavy (non-hydrogen) atoms. The van der Waals surface area contributed by atoms with Crippen molar-refractivity contribution in [3.05, 3.63) is 94.1 Å². The first-order valence-corrected chi connectivity index (χ1v) is 9.96. The van der Waals surface area contributed by atoms with Gasteiger partial charge in [-0.3, -0.25) is 0 Å². The van der Waals surface area contributed by atoms with Gasteiger partial charge in [0.1, 0.15) is 0 Å². The number of benzene rings is 2. The Morgan fingerprint density at radius 2 is 1.78 bits per heavy atom. The van der Waals surface area contributed by atoms with Gasteiger partial charge in [0.2, 0.25) is 0 Å². The molecule has 3 aliphatic carbocycles. The third-order valence-corrected chi connectivity index (χ3v) is 6.21. The fraction of sp³-hybridized carbons (Fsp3) is 0.259. The molecular weight excluding hydrogens is 324 g/mol. The predicted molar refractivity (Wildman–Crippen MR) is 117 cm³/mol. The number of allylic oxidation sites excluding steroid dienone is 6. The lowest BCUT2D eigenvalue weighted by atomic mass is 9.65. The van der Waals surface area contributed by atoms with E-state index in [9.17, 15) is 0 Å². The minimum atomic E-state index is 0.184. The monoisotopic (exact) mass is 350 g/mol. The van der Waals surface area contributed by atoms with E-state index in [1.807, 2.05) is 0 Å². The van der Waals surface area contributed by atoms with Crippen LogP contribution in [0.25, 0.3) is 23.3 Å². The highest BCUT2D eigenvalue weighted by Gasteiger charge is 2.36. The van der Waals surface area contributed by atoms with E-state index in [0.717, 1.165) is 0 Å². The molecule has 0 saturated carbocycles. The second kappa shape index (κ2) is 5.70. The van der Waals surface area contributed by atoms with Gasteiger partial charge in [-0.2, -0.15) is 0 Å². The van der Waals surface area contributed by atoms with Crippen LogP contribution in [0.2, 0.25) is 0 Å². The highest BCUT2D eigenvalue weighted by atomic mass is 14.4. The van der Waals surface area contributed by atoms with Crippen molar-refractivity contribution in [2.24, 2.45) is 11.3 Å². The molecular formula is C27H26. The van der Waals surface area contributed by atoms with Crippen molar-refractivity contribution in [2.75, 3.05) is 0 Å². The summed E-state index contributed by atoms with van der Waals surface area (Å²) in [6.07, 6.45) is 14.4. The standard InChI is InChI=1S/C27H26/c1-17-6-5-7-19(14-17)23-12-10-18-8-9-20-15-22(27(2,3)4)16-21-11-13-24(23)26(18)25(20)21/h5-16,20,25H,1-4H3. The minimum Gasteiger partial charge on any atom is -0.0760 e. The fourth-order valence-electron chi connectivity index (χ4n) is 4.77. The Hall–Kier alpha value is -2.60. The van der Waals surface area contributed by atoms with E-state index in [2.05, 4.69) is 101 Å². The zero-order valence-electron chi connectivity index (χ0n) is 16.6. The van der Waals surface area contributed by atoms with Gasteiger partial charge < -0.3 is 0 Å². The Morgan fingerprint density at radius 1 is 0.926 bits per heavy atom. The van der Waals surface area contributed by atoms with Gasteiger partial charge in [0.25, 0.3) is 0 Å².